The van der Waals surface area contributed by atoms with Crippen LogP contribution in [0.25, 0.3) is 17.2 Å². The van der Waals surface area contributed by atoms with Crippen LogP contribution < -0.4 is 5.32 Å². The van der Waals surface area contributed by atoms with E-state index in [4.69, 9.17) is 4.98 Å². The second kappa shape index (κ2) is 6.81. The van der Waals surface area contributed by atoms with E-state index >= 15 is 0 Å². The molecular formula is C17H18N6S2. The van der Waals surface area contributed by atoms with Crippen molar-refractivity contribution < 1.29 is 0 Å². The normalized spacial score (nSPS) is 11.1. The van der Waals surface area contributed by atoms with E-state index in [1.807, 2.05) is 0 Å². The van der Waals surface area contributed by atoms with Crippen LogP contribution in [0, 0.1) is 13.8 Å². The van der Waals surface area contributed by atoms with Gasteiger partial charge in [-0.25, -0.2) is 10.1 Å². The number of aryl methyl sites for hydroxylation is 1. The van der Waals surface area contributed by atoms with Gasteiger partial charge in [0.2, 0.25) is 5.95 Å². The lowest BCUT2D eigenvalue weighted by molar-refractivity contribution is 0.879. The lowest BCUT2D eigenvalue weighted by atomic mass is 10.2. The molecule has 0 amide bonds. The second-order valence-electron chi connectivity index (χ2n) is 5.72. The molecule has 0 spiro atoms. The van der Waals surface area contributed by atoms with E-state index in [0.29, 0.717) is 0 Å². The highest BCUT2D eigenvalue weighted by Gasteiger charge is 2.16. The van der Waals surface area contributed by atoms with E-state index in [0.717, 1.165) is 46.7 Å². The molecule has 0 radical (unpaired) electrons. The summed E-state index contributed by atoms with van der Waals surface area (Å²) in [5, 5.41) is 15.4. The summed E-state index contributed by atoms with van der Waals surface area (Å²) in [6.07, 6.45) is 2.54. The third-order valence-corrected chi connectivity index (χ3v) is 5.79. The maximum atomic E-state index is 4.75. The predicted molar refractivity (Wildman–Crippen MR) is 103 cm³/mol. The summed E-state index contributed by atoms with van der Waals surface area (Å²) < 4.78 is 2.06. The summed E-state index contributed by atoms with van der Waals surface area (Å²) in [6.45, 7) is 5.03. The average molecular weight is 371 g/mol. The smallest absolute Gasteiger partial charge is 0.229 e. The maximum Gasteiger partial charge on any atom is 0.229 e. The van der Waals surface area contributed by atoms with Gasteiger partial charge in [0.05, 0.1) is 5.69 Å². The molecule has 0 saturated carbocycles. The fraction of sp³-hybridized carbons (Fsp3) is 0.235. The number of nitrogens with one attached hydrogen (secondary N) is 2. The zero-order valence-electron chi connectivity index (χ0n) is 14.0. The first-order valence-electron chi connectivity index (χ1n) is 7.99. The van der Waals surface area contributed by atoms with Gasteiger partial charge in [-0.1, -0.05) is 6.07 Å². The molecule has 6 nitrogen and oxygen atoms in total. The number of aromatic nitrogens is 5. The largest absolute Gasteiger partial charge is 0.361 e. The van der Waals surface area contributed by atoms with Crippen LogP contribution in [0.3, 0.4) is 0 Å². The first kappa shape index (κ1) is 16.0. The molecule has 0 aliphatic carbocycles. The van der Waals surface area contributed by atoms with Crippen molar-refractivity contribution in [2.24, 2.45) is 0 Å². The number of thiazole rings is 1. The fourth-order valence-corrected chi connectivity index (χ4v) is 4.33. The number of H-pyrrole nitrogens is 1. The van der Waals surface area contributed by atoms with Crippen LogP contribution in [0.5, 0.6) is 0 Å². The van der Waals surface area contributed by atoms with E-state index in [-0.39, 0.29) is 0 Å². The van der Waals surface area contributed by atoms with Crippen LogP contribution in [-0.2, 0) is 6.42 Å². The Bertz CT molecular complexity index is 950. The Morgan fingerprint density at radius 3 is 2.96 bits per heavy atom. The van der Waals surface area contributed by atoms with Gasteiger partial charge in [-0.2, -0.15) is 10.1 Å². The van der Waals surface area contributed by atoms with Gasteiger partial charge in [-0.3, -0.25) is 4.57 Å². The minimum atomic E-state index is 0.728. The molecular weight excluding hydrogens is 352 g/mol. The third kappa shape index (κ3) is 3.22. The number of thiophene rings is 1. The third-order valence-electron chi connectivity index (χ3n) is 4.05. The van der Waals surface area contributed by atoms with Crippen LogP contribution in [0.1, 0.15) is 16.3 Å². The summed E-state index contributed by atoms with van der Waals surface area (Å²) >= 11 is 3.43. The lowest BCUT2D eigenvalue weighted by Gasteiger charge is -2.04. The first-order valence-corrected chi connectivity index (χ1v) is 9.75. The van der Waals surface area contributed by atoms with Crippen molar-refractivity contribution in [3.05, 3.63) is 51.6 Å². The number of rotatable bonds is 6. The van der Waals surface area contributed by atoms with Gasteiger partial charge in [-0.15, -0.1) is 22.7 Å². The SMILES string of the molecule is Cc1cc(-c2csc(NCCc3cccs3)n2)c(C)n1-c1ncn[nH]1. The molecule has 0 unspecified atom stereocenters. The van der Waals surface area contributed by atoms with Crippen molar-refractivity contribution in [2.45, 2.75) is 20.3 Å². The Morgan fingerprint density at radius 2 is 2.20 bits per heavy atom. The van der Waals surface area contributed by atoms with Gasteiger partial charge >= 0.3 is 0 Å². The summed E-state index contributed by atoms with van der Waals surface area (Å²) in [5.74, 6) is 0.728. The van der Waals surface area contributed by atoms with Gasteiger partial charge in [0.1, 0.15) is 6.33 Å². The Kier molecular flexibility index (Phi) is 4.37. The van der Waals surface area contributed by atoms with Crippen molar-refractivity contribution in [1.29, 1.82) is 0 Å². The number of hydrogen-bond acceptors (Lipinski definition) is 6. The molecule has 128 valence electrons. The topological polar surface area (TPSA) is 71.4 Å². The molecule has 0 atom stereocenters. The molecule has 25 heavy (non-hydrogen) atoms. The summed E-state index contributed by atoms with van der Waals surface area (Å²) in [6, 6.07) is 6.39. The molecule has 0 saturated heterocycles. The molecule has 0 fully saturated rings. The molecule has 4 heterocycles. The van der Waals surface area contributed by atoms with Gasteiger partial charge in [0.25, 0.3) is 0 Å². The summed E-state index contributed by atoms with van der Waals surface area (Å²) in [7, 11) is 0. The van der Waals surface area contributed by atoms with Crippen molar-refractivity contribution in [3.8, 4) is 17.2 Å². The van der Waals surface area contributed by atoms with Crippen LogP contribution in [0.2, 0.25) is 0 Å². The van der Waals surface area contributed by atoms with E-state index in [2.05, 4.69) is 67.9 Å². The molecule has 0 bridgehead atoms. The highest BCUT2D eigenvalue weighted by molar-refractivity contribution is 7.14. The highest BCUT2D eigenvalue weighted by atomic mass is 32.1. The number of hydrogen-bond donors (Lipinski definition) is 2. The lowest BCUT2D eigenvalue weighted by Crippen LogP contribution is -2.03. The zero-order chi connectivity index (χ0) is 17.2. The van der Waals surface area contributed by atoms with Gasteiger partial charge in [0, 0.05) is 33.8 Å². The molecule has 4 aromatic rings. The summed E-state index contributed by atoms with van der Waals surface area (Å²) in [5.41, 5.74) is 4.31. The Morgan fingerprint density at radius 1 is 1.28 bits per heavy atom. The minimum absolute atomic E-state index is 0.728. The molecule has 0 aliphatic heterocycles. The highest BCUT2D eigenvalue weighted by Crippen LogP contribution is 2.30. The van der Waals surface area contributed by atoms with Crippen LogP contribution in [0.15, 0.2) is 35.3 Å². The van der Waals surface area contributed by atoms with E-state index < -0.39 is 0 Å². The van der Waals surface area contributed by atoms with Gasteiger partial charge in [0.15, 0.2) is 5.13 Å². The second-order valence-corrected chi connectivity index (χ2v) is 7.61. The number of aromatic amines is 1. The number of nitrogens with zero attached hydrogens (tertiary/aromatic N) is 4. The van der Waals surface area contributed by atoms with Crippen molar-refractivity contribution in [1.82, 2.24) is 24.7 Å². The van der Waals surface area contributed by atoms with Crippen molar-refractivity contribution >= 4 is 27.8 Å². The molecule has 4 rings (SSSR count). The Balaban J connectivity index is 1.51. The monoisotopic (exact) mass is 370 g/mol. The average Bonchev–Trinajstić information content (AvgIpc) is 3.36. The van der Waals surface area contributed by atoms with Gasteiger partial charge < -0.3 is 5.32 Å². The molecule has 8 heteroatoms. The quantitative estimate of drug-likeness (QED) is 0.537. The Hall–Kier alpha value is -2.45. The molecule has 0 aromatic carbocycles. The van der Waals surface area contributed by atoms with Crippen molar-refractivity contribution in [3.63, 3.8) is 0 Å². The van der Waals surface area contributed by atoms with E-state index in [9.17, 15) is 0 Å². The van der Waals surface area contributed by atoms with Crippen LogP contribution in [-0.4, -0.2) is 31.3 Å². The molecule has 0 aliphatic rings. The zero-order valence-corrected chi connectivity index (χ0v) is 15.6. The predicted octanol–water partition coefficient (Wildman–Crippen LogP) is 4.05. The van der Waals surface area contributed by atoms with E-state index in [1.54, 1.807) is 22.7 Å². The molecule has 2 N–H and O–H groups in total. The summed E-state index contributed by atoms with van der Waals surface area (Å²) in [4.78, 5) is 10.4. The van der Waals surface area contributed by atoms with Gasteiger partial charge in [-0.05, 0) is 37.8 Å². The van der Waals surface area contributed by atoms with E-state index in [1.165, 1.54) is 11.2 Å². The van der Waals surface area contributed by atoms with Crippen LogP contribution >= 0.6 is 22.7 Å². The molecule has 4 aromatic heterocycles. The first-order chi connectivity index (χ1) is 12.2. The number of anilines is 1. The Labute approximate surface area is 153 Å². The van der Waals surface area contributed by atoms with Crippen molar-refractivity contribution in [2.75, 3.05) is 11.9 Å². The van der Waals surface area contributed by atoms with Crippen LogP contribution in [0.4, 0.5) is 5.13 Å². The fourth-order valence-electron chi connectivity index (χ4n) is 2.88. The standard InChI is InChI=1S/C17H18N6S2/c1-11-8-14(12(2)23(11)16-19-10-20-22-16)15-9-25-17(21-15)18-6-5-13-4-3-7-24-13/h3-4,7-10H,5-6H2,1-2H3,(H,18,21)(H,19,20,22). The maximum absolute atomic E-state index is 4.75. The minimum Gasteiger partial charge on any atom is -0.361 e.